The summed E-state index contributed by atoms with van der Waals surface area (Å²) in [5.41, 5.74) is 6.82. The molecule has 2 rings (SSSR count). The van der Waals surface area contributed by atoms with Crippen LogP contribution in [0.1, 0.15) is 23.4 Å². The lowest BCUT2D eigenvalue weighted by molar-refractivity contribution is 0.683. The number of aryl methyl sites for hydroxylation is 2. The zero-order valence-corrected chi connectivity index (χ0v) is 8.70. The number of thiazole rings is 1. The molecule has 0 aromatic carbocycles. The predicted molar refractivity (Wildman–Crippen MR) is 53.5 cm³/mol. The first-order valence-electron chi connectivity index (χ1n) is 3.60. The maximum Gasteiger partial charge on any atom is 0.180 e. The van der Waals surface area contributed by atoms with Crippen molar-refractivity contribution >= 4 is 33.4 Å². The topological polar surface area (TPSA) is 38.9 Å². The standard InChI is InChI=1S/C7H10N2S.BrH/c8-7-9-5-3-1-2-4-6(5)10-7;/h1-4H2,(H2,8,9);1H. The summed E-state index contributed by atoms with van der Waals surface area (Å²) in [4.78, 5) is 5.67. The second kappa shape index (κ2) is 3.54. The van der Waals surface area contributed by atoms with Crippen molar-refractivity contribution in [3.63, 3.8) is 0 Å². The fourth-order valence-electron chi connectivity index (χ4n) is 1.37. The Balaban J connectivity index is 0.000000605. The summed E-state index contributed by atoms with van der Waals surface area (Å²) in [6.07, 6.45) is 4.94. The van der Waals surface area contributed by atoms with Crippen LogP contribution in [-0.4, -0.2) is 4.98 Å². The SMILES string of the molecule is Br.Nc1nc2c(s1)CCCC2. The van der Waals surface area contributed by atoms with Gasteiger partial charge >= 0.3 is 0 Å². The van der Waals surface area contributed by atoms with E-state index in [0.717, 1.165) is 11.6 Å². The Bertz CT molecular complexity index is 223. The van der Waals surface area contributed by atoms with Gasteiger partial charge in [-0.15, -0.1) is 28.3 Å². The predicted octanol–water partition coefficient (Wildman–Crippen LogP) is 2.18. The van der Waals surface area contributed by atoms with E-state index in [1.807, 2.05) is 0 Å². The van der Waals surface area contributed by atoms with E-state index < -0.39 is 0 Å². The molecule has 4 heteroatoms. The van der Waals surface area contributed by atoms with Crippen LogP contribution in [0.25, 0.3) is 0 Å². The highest BCUT2D eigenvalue weighted by Gasteiger charge is 2.12. The Hall–Kier alpha value is -0.0900. The van der Waals surface area contributed by atoms with E-state index in [-0.39, 0.29) is 17.0 Å². The van der Waals surface area contributed by atoms with Gasteiger partial charge in [0.2, 0.25) is 0 Å². The zero-order valence-electron chi connectivity index (χ0n) is 6.17. The summed E-state index contributed by atoms with van der Waals surface area (Å²) < 4.78 is 0. The van der Waals surface area contributed by atoms with Gasteiger partial charge in [-0.1, -0.05) is 0 Å². The molecule has 0 fully saturated rings. The van der Waals surface area contributed by atoms with Crippen molar-refractivity contribution in [2.24, 2.45) is 0 Å². The summed E-state index contributed by atoms with van der Waals surface area (Å²) in [7, 11) is 0. The maximum absolute atomic E-state index is 5.57. The number of aromatic nitrogens is 1. The molecule has 2 N–H and O–H groups in total. The van der Waals surface area contributed by atoms with E-state index in [1.165, 1.54) is 29.8 Å². The molecule has 0 atom stereocenters. The van der Waals surface area contributed by atoms with Gasteiger partial charge in [0, 0.05) is 4.88 Å². The number of hydrogen-bond acceptors (Lipinski definition) is 3. The molecular formula is C7H11BrN2S. The number of rotatable bonds is 0. The highest BCUT2D eigenvalue weighted by Crippen LogP contribution is 2.27. The van der Waals surface area contributed by atoms with Crippen molar-refractivity contribution < 1.29 is 0 Å². The second-order valence-electron chi connectivity index (χ2n) is 2.63. The van der Waals surface area contributed by atoms with Crippen molar-refractivity contribution in [3.05, 3.63) is 10.6 Å². The van der Waals surface area contributed by atoms with E-state index in [0.29, 0.717) is 0 Å². The number of hydrogen-bond donors (Lipinski definition) is 1. The molecule has 1 aliphatic carbocycles. The summed E-state index contributed by atoms with van der Waals surface area (Å²) in [6, 6.07) is 0. The number of nitrogen functional groups attached to an aromatic ring is 1. The molecule has 0 radical (unpaired) electrons. The Labute approximate surface area is 80.6 Å². The molecule has 1 aromatic rings. The summed E-state index contributed by atoms with van der Waals surface area (Å²) >= 11 is 1.66. The van der Waals surface area contributed by atoms with Crippen LogP contribution in [0.15, 0.2) is 0 Å². The highest BCUT2D eigenvalue weighted by atomic mass is 79.9. The molecule has 0 bridgehead atoms. The van der Waals surface area contributed by atoms with Gasteiger partial charge in [0.1, 0.15) is 0 Å². The lowest BCUT2D eigenvalue weighted by Gasteiger charge is -2.06. The van der Waals surface area contributed by atoms with Gasteiger partial charge in [0.25, 0.3) is 0 Å². The van der Waals surface area contributed by atoms with E-state index >= 15 is 0 Å². The number of fused-ring (bicyclic) bond motifs is 1. The largest absolute Gasteiger partial charge is 0.375 e. The van der Waals surface area contributed by atoms with Gasteiger partial charge in [0.05, 0.1) is 5.69 Å². The van der Waals surface area contributed by atoms with Crippen LogP contribution in [0.3, 0.4) is 0 Å². The third-order valence-corrected chi connectivity index (χ3v) is 2.85. The van der Waals surface area contributed by atoms with E-state index in [9.17, 15) is 0 Å². The molecule has 0 saturated carbocycles. The van der Waals surface area contributed by atoms with Crippen molar-refractivity contribution in [1.29, 1.82) is 0 Å². The number of nitrogens with two attached hydrogens (primary N) is 1. The first-order chi connectivity index (χ1) is 4.86. The zero-order chi connectivity index (χ0) is 6.97. The molecule has 2 nitrogen and oxygen atoms in total. The van der Waals surface area contributed by atoms with E-state index in [4.69, 9.17) is 5.73 Å². The third kappa shape index (κ3) is 1.73. The monoisotopic (exact) mass is 234 g/mol. The average molecular weight is 235 g/mol. The molecule has 1 heterocycles. The maximum atomic E-state index is 5.57. The molecule has 0 unspecified atom stereocenters. The number of anilines is 1. The molecule has 0 aliphatic heterocycles. The Morgan fingerprint density at radius 3 is 2.73 bits per heavy atom. The molecular weight excluding hydrogens is 224 g/mol. The normalized spacial score (nSPS) is 15.3. The third-order valence-electron chi connectivity index (χ3n) is 1.86. The summed E-state index contributed by atoms with van der Waals surface area (Å²) in [6.45, 7) is 0. The van der Waals surface area contributed by atoms with Gasteiger partial charge in [-0.05, 0) is 25.7 Å². The Kier molecular flexibility index (Phi) is 2.90. The first kappa shape index (κ1) is 9.00. The van der Waals surface area contributed by atoms with Gasteiger partial charge in [-0.3, -0.25) is 0 Å². The lowest BCUT2D eigenvalue weighted by Crippen LogP contribution is -1.99. The fourth-order valence-corrected chi connectivity index (χ4v) is 2.29. The van der Waals surface area contributed by atoms with Crippen LogP contribution in [0.2, 0.25) is 0 Å². The van der Waals surface area contributed by atoms with Crippen molar-refractivity contribution in [2.75, 3.05) is 5.73 Å². The molecule has 0 spiro atoms. The van der Waals surface area contributed by atoms with Gasteiger partial charge < -0.3 is 5.73 Å². The molecule has 1 aliphatic rings. The van der Waals surface area contributed by atoms with E-state index in [1.54, 1.807) is 11.3 Å². The van der Waals surface area contributed by atoms with E-state index in [2.05, 4.69) is 4.98 Å². The molecule has 0 amide bonds. The van der Waals surface area contributed by atoms with Crippen LogP contribution >= 0.6 is 28.3 Å². The van der Waals surface area contributed by atoms with Gasteiger partial charge in [0.15, 0.2) is 5.13 Å². The summed E-state index contributed by atoms with van der Waals surface area (Å²) in [5.74, 6) is 0. The molecule has 0 saturated heterocycles. The van der Waals surface area contributed by atoms with Crippen molar-refractivity contribution in [1.82, 2.24) is 4.98 Å². The second-order valence-corrected chi connectivity index (χ2v) is 3.74. The van der Waals surface area contributed by atoms with Crippen molar-refractivity contribution in [2.45, 2.75) is 25.7 Å². The first-order valence-corrected chi connectivity index (χ1v) is 4.42. The van der Waals surface area contributed by atoms with Crippen LogP contribution in [0, 0.1) is 0 Å². The average Bonchev–Trinajstić information content (AvgIpc) is 2.27. The minimum atomic E-state index is 0. The molecule has 1 aromatic heterocycles. The molecule has 11 heavy (non-hydrogen) atoms. The highest BCUT2D eigenvalue weighted by molar-refractivity contribution is 8.93. The van der Waals surface area contributed by atoms with Crippen molar-refractivity contribution in [3.8, 4) is 0 Å². The quantitative estimate of drug-likeness (QED) is 0.748. The Morgan fingerprint density at radius 1 is 1.27 bits per heavy atom. The molecule has 62 valence electrons. The number of halogens is 1. The van der Waals surface area contributed by atoms with Crippen LogP contribution in [0.4, 0.5) is 5.13 Å². The lowest BCUT2D eigenvalue weighted by atomic mass is 10.0. The minimum Gasteiger partial charge on any atom is -0.375 e. The number of nitrogens with zero attached hydrogens (tertiary/aromatic N) is 1. The van der Waals surface area contributed by atoms with Gasteiger partial charge in [-0.2, -0.15) is 0 Å². The Morgan fingerprint density at radius 2 is 2.00 bits per heavy atom. The van der Waals surface area contributed by atoms with Crippen LogP contribution in [-0.2, 0) is 12.8 Å². The van der Waals surface area contributed by atoms with Crippen LogP contribution in [0.5, 0.6) is 0 Å². The van der Waals surface area contributed by atoms with Gasteiger partial charge in [-0.25, -0.2) is 4.98 Å². The summed E-state index contributed by atoms with van der Waals surface area (Å²) in [5, 5.41) is 0.743. The minimum absolute atomic E-state index is 0. The fraction of sp³-hybridized carbons (Fsp3) is 0.571. The van der Waals surface area contributed by atoms with Crippen LogP contribution < -0.4 is 5.73 Å². The smallest absolute Gasteiger partial charge is 0.180 e.